The molecule has 2 unspecified atom stereocenters. The molecule has 2 aliphatic carbocycles. The minimum atomic E-state index is -0.324. The Morgan fingerprint density at radius 1 is 0.897 bits per heavy atom. The molecule has 0 spiro atoms. The maximum absolute atomic E-state index is 5.81. The Morgan fingerprint density at radius 3 is 2.62 bits per heavy atom. The van der Waals surface area contributed by atoms with Gasteiger partial charge in [0.25, 0.3) is 0 Å². The molecular weight excluding hydrogens is 429 g/mol. The molecule has 1 heterocycles. The molecule has 0 N–H and O–H groups in total. The molecule has 6 rings (SSSR count). The van der Waals surface area contributed by atoms with Crippen molar-refractivity contribution in [3.05, 3.63) is 126 Å². The monoisotopic (exact) mass is 447 g/mol. The van der Waals surface area contributed by atoms with E-state index >= 15 is 0 Å². The molecule has 4 aromatic rings. The Morgan fingerprint density at radius 2 is 1.79 bits per heavy atom. The van der Waals surface area contributed by atoms with E-state index in [0.717, 1.165) is 11.0 Å². The summed E-state index contributed by atoms with van der Waals surface area (Å²) in [6.45, 7) is 0. The third-order valence-corrected chi connectivity index (χ3v) is 6.15. The molecule has 1 radical (unpaired) electrons. The van der Waals surface area contributed by atoms with Crippen molar-refractivity contribution in [2.45, 2.75) is 5.41 Å². The largest absolute Gasteiger partial charge is 0.464 e. The van der Waals surface area contributed by atoms with Gasteiger partial charge in [-0.05, 0) is 40.5 Å². The molecule has 0 fully saturated rings. The quantitative estimate of drug-likeness (QED) is 0.320. The van der Waals surface area contributed by atoms with Gasteiger partial charge < -0.3 is 4.42 Å². The zero-order chi connectivity index (χ0) is 18.6. The van der Waals surface area contributed by atoms with Crippen molar-refractivity contribution in [1.82, 2.24) is 0 Å². The summed E-state index contributed by atoms with van der Waals surface area (Å²) in [5.41, 5.74) is 7.01. The Labute approximate surface area is 196 Å². The summed E-state index contributed by atoms with van der Waals surface area (Å²) in [6.07, 6.45) is 12.8. The van der Waals surface area contributed by atoms with Crippen LogP contribution in [0.1, 0.15) is 16.7 Å². The third kappa shape index (κ3) is 2.58. The third-order valence-electron chi connectivity index (χ3n) is 6.15. The van der Waals surface area contributed by atoms with Crippen molar-refractivity contribution in [2.24, 2.45) is 5.92 Å². The topological polar surface area (TPSA) is 13.1 Å². The molecule has 2 aliphatic rings. The maximum atomic E-state index is 5.81. The molecule has 1 aromatic heterocycles. The number of furan rings is 1. The van der Waals surface area contributed by atoms with Crippen LogP contribution in [0.2, 0.25) is 0 Å². The molecule has 3 aromatic carbocycles. The fourth-order valence-electron chi connectivity index (χ4n) is 5.02. The van der Waals surface area contributed by atoms with E-state index in [9.17, 15) is 0 Å². The number of rotatable bonds is 2. The summed E-state index contributed by atoms with van der Waals surface area (Å²) in [5.74, 6) is 0.200. The van der Waals surface area contributed by atoms with Gasteiger partial charge in [0.2, 0.25) is 0 Å². The van der Waals surface area contributed by atoms with Gasteiger partial charge in [-0.2, -0.15) is 30.3 Å². The van der Waals surface area contributed by atoms with E-state index in [0.29, 0.717) is 0 Å². The van der Waals surface area contributed by atoms with Crippen LogP contribution in [0.15, 0.2) is 102 Å². The second-order valence-electron chi connectivity index (χ2n) is 7.47. The van der Waals surface area contributed by atoms with Gasteiger partial charge in [0.15, 0.2) is 0 Å². The molecule has 0 aliphatic heterocycles. The smallest absolute Gasteiger partial charge is 0.134 e. The van der Waals surface area contributed by atoms with Gasteiger partial charge in [0, 0.05) is 43.5 Å². The van der Waals surface area contributed by atoms with Crippen LogP contribution in [0.4, 0.5) is 0 Å². The van der Waals surface area contributed by atoms with E-state index in [1.54, 1.807) is 6.26 Å². The molecule has 1 nitrogen and oxygen atoms in total. The van der Waals surface area contributed by atoms with Crippen LogP contribution in [-0.4, -0.2) is 0 Å². The number of hydrogen-bond acceptors (Lipinski definition) is 1. The van der Waals surface area contributed by atoms with E-state index in [1.165, 1.54) is 27.8 Å². The molecule has 0 saturated carbocycles. The van der Waals surface area contributed by atoms with E-state index in [2.05, 4.69) is 85.3 Å². The standard InChI is InChI=1S/C27H18O.Y/c1-3-9-20(10-4-1)27(21-11-5-2-6-12-21)24-14-8-7-13-22(24)23-17-19-15-16-28-26(19)18-25(23)27;/h1-11,13-18,20H;/q-2;. The summed E-state index contributed by atoms with van der Waals surface area (Å²) in [7, 11) is 0. The van der Waals surface area contributed by atoms with Crippen LogP contribution in [0.25, 0.3) is 22.1 Å². The van der Waals surface area contributed by atoms with Crippen LogP contribution in [-0.2, 0) is 38.1 Å². The molecule has 0 bridgehead atoms. The first-order valence-corrected chi connectivity index (χ1v) is 9.66. The van der Waals surface area contributed by atoms with Gasteiger partial charge in [0.1, 0.15) is 5.58 Å². The Balaban J connectivity index is 0.00000181. The number of fused-ring (bicyclic) bond motifs is 4. The predicted molar refractivity (Wildman–Crippen MR) is 113 cm³/mol. The van der Waals surface area contributed by atoms with Crippen molar-refractivity contribution in [3.63, 3.8) is 0 Å². The first-order valence-electron chi connectivity index (χ1n) is 9.66. The van der Waals surface area contributed by atoms with Crippen LogP contribution in [0, 0.1) is 18.4 Å². The summed E-state index contributed by atoms with van der Waals surface area (Å²) in [4.78, 5) is 0. The SMILES string of the molecule is [Y].[c-]1ccccc1C1(C2C=CC=C[CH-]2)c2ccccc2-c2cc3ccoc3cc21. The first-order chi connectivity index (χ1) is 13.9. The average Bonchev–Trinajstić information content (AvgIpc) is 3.34. The van der Waals surface area contributed by atoms with Crippen molar-refractivity contribution in [3.8, 4) is 11.1 Å². The predicted octanol–water partition coefficient (Wildman–Crippen LogP) is 6.49. The van der Waals surface area contributed by atoms with Gasteiger partial charge in [-0.3, -0.25) is 0 Å². The number of benzene rings is 3. The Bertz CT molecular complexity index is 1250. The summed E-state index contributed by atoms with van der Waals surface area (Å²) in [5, 5.41) is 1.14. The van der Waals surface area contributed by atoms with Crippen molar-refractivity contribution in [2.75, 3.05) is 0 Å². The normalized spacial score (nSPS) is 21.3. The number of hydrogen-bond donors (Lipinski definition) is 0. The molecule has 2 atom stereocenters. The minimum absolute atomic E-state index is 0. The molecule has 0 amide bonds. The van der Waals surface area contributed by atoms with Crippen molar-refractivity contribution in [1.29, 1.82) is 0 Å². The number of allylic oxidation sites excluding steroid dienone is 4. The summed E-state index contributed by atoms with van der Waals surface area (Å²) in [6, 6.07) is 27.3. The van der Waals surface area contributed by atoms with Crippen LogP contribution < -0.4 is 0 Å². The van der Waals surface area contributed by atoms with Crippen molar-refractivity contribution >= 4 is 11.0 Å². The molecule has 29 heavy (non-hydrogen) atoms. The van der Waals surface area contributed by atoms with Gasteiger partial charge >= 0.3 is 0 Å². The molecular formula is C27H18OY-2. The summed E-state index contributed by atoms with van der Waals surface area (Å²) >= 11 is 0. The van der Waals surface area contributed by atoms with E-state index in [4.69, 9.17) is 4.42 Å². The first kappa shape index (κ1) is 18.7. The molecule has 137 valence electrons. The average molecular weight is 447 g/mol. The van der Waals surface area contributed by atoms with Crippen LogP contribution in [0.5, 0.6) is 0 Å². The Hall–Kier alpha value is -2.35. The second kappa shape index (κ2) is 7.16. The summed E-state index contributed by atoms with van der Waals surface area (Å²) < 4.78 is 5.81. The zero-order valence-corrected chi connectivity index (χ0v) is 18.7. The van der Waals surface area contributed by atoms with E-state index in [1.807, 2.05) is 18.2 Å². The van der Waals surface area contributed by atoms with E-state index < -0.39 is 0 Å². The minimum Gasteiger partial charge on any atom is -0.464 e. The zero-order valence-electron chi connectivity index (χ0n) is 15.9. The maximum Gasteiger partial charge on any atom is 0.134 e. The fraction of sp³-hybridized carbons (Fsp3) is 0.0741. The van der Waals surface area contributed by atoms with Gasteiger partial charge in [0.05, 0.1) is 6.26 Å². The van der Waals surface area contributed by atoms with Gasteiger partial charge in [-0.25, -0.2) is 18.6 Å². The fourth-order valence-corrected chi connectivity index (χ4v) is 5.02. The van der Waals surface area contributed by atoms with Crippen molar-refractivity contribution < 1.29 is 37.1 Å². The van der Waals surface area contributed by atoms with Gasteiger partial charge in [-0.1, -0.05) is 30.2 Å². The van der Waals surface area contributed by atoms with Crippen LogP contribution in [0.3, 0.4) is 0 Å². The Kier molecular flexibility index (Phi) is 4.61. The molecule has 0 saturated heterocycles. The second-order valence-corrected chi connectivity index (χ2v) is 7.47. The molecule has 2 heteroatoms. The van der Waals surface area contributed by atoms with Crippen LogP contribution >= 0.6 is 0 Å². The van der Waals surface area contributed by atoms with E-state index in [-0.39, 0.29) is 44.0 Å². The van der Waals surface area contributed by atoms with Gasteiger partial charge in [-0.15, -0.1) is 17.7 Å².